The van der Waals surface area contributed by atoms with Crippen molar-refractivity contribution in [2.75, 3.05) is 18.5 Å². The fraction of sp³-hybridized carbons (Fsp3) is 0.348. The van der Waals surface area contributed by atoms with E-state index in [1.807, 2.05) is 13.0 Å². The standard InChI is InChI=1S/C23H28N2O4S/c1-2-29-22-14-13-20(17-21(22)25-23(26)19-11-7-4-8-12-19)30(27,28)24-16-15-18-9-5-3-6-10-18/h4,7-9,11-14,17,24H,2-3,5-6,10,15-16H2,1H3,(H,25,26). The molecule has 0 saturated heterocycles. The molecule has 2 aromatic rings. The van der Waals surface area contributed by atoms with Crippen molar-refractivity contribution >= 4 is 21.6 Å². The Balaban J connectivity index is 1.74. The van der Waals surface area contributed by atoms with E-state index in [4.69, 9.17) is 4.74 Å². The molecule has 3 rings (SSSR count). The van der Waals surface area contributed by atoms with Gasteiger partial charge in [-0.05, 0) is 69.4 Å². The molecular weight excluding hydrogens is 400 g/mol. The molecule has 1 aliphatic rings. The average Bonchev–Trinajstić information content (AvgIpc) is 2.76. The van der Waals surface area contributed by atoms with Crippen LogP contribution in [-0.4, -0.2) is 27.5 Å². The first-order chi connectivity index (χ1) is 14.5. The zero-order chi connectivity index (χ0) is 21.4. The summed E-state index contributed by atoms with van der Waals surface area (Å²) in [6.45, 7) is 2.58. The van der Waals surface area contributed by atoms with Crippen molar-refractivity contribution in [2.45, 2.75) is 43.9 Å². The second-order valence-corrected chi connectivity index (χ2v) is 8.93. The van der Waals surface area contributed by atoms with Crippen LogP contribution in [0.25, 0.3) is 0 Å². The van der Waals surface area contributed by atoms with E-state index >= 15 is 0 Å². The zero-order valence-corrected chi connectivity index (χ0v) is 18.0. The topological polar surface area (TPSA) is 84.5 Å². The summed E-state index contributed by atoms with van der Waals surface area (Å²) in [5.74, 6) is 0.0939. The van der Waals surface area contributed by atoms with E-state index < -0.39 is 10.0 Å². The Morgan fingerprint density at radius 1 is 1.10 bits per heavy atom. The SMILES string of the molecule is CCOc1ccc(S(=O)(=O)NCCC2=CCCCC2)cc1NC(=O)c1ccccc1. The molecule has 7 heteroatoms. The lowest BCUT2D eigenvalue weighted by Crippen LogP contribution is -2.25. The molecule has 0 spiro atoms. The maximum Gasteiger partial charge on any atom is 0.255 e. The van der Waals surface area contributed by atoms with Gasteiger partial charge in [-0.15, -0.1) is 0 Å². The molecule has 0 aromatic heterocycles. The Bertz CT molecular complexity index is 1000. The molecular formula is C23H28N2O4S. The first kappa shape index (κ1) is 22.1. The monoisotopic (exact) mass is 428 g/mol. The van der Waals surface area contributed by atoms with Crippen molar-refractivity contribution in [3.63, 3.8) is 0 Å². The highest BCUT2D eigenvalue weighted by Crippen LogP contribution is 2.28. The minimum Gasteiger partial charge on any atom is -0.492 e. The zero-order valence-electron chi connectivity index (χ0n) is 17.2. The first-order valence-corrected chi connectivity index (χ1v) is 11.8. The van der Waals surface area contributed by atoms with Crippen molar-refractivity contribution in [2.24, 2.45) is 0 Å². The third kappa shape index (κ3) is 5.93. The predicted molar refractivity (Wildman–Crippen MR) is 118 cm³/mol. The van der Waals surface area contributed by atoms with Gasteiger partial charge in [-0.1, -0.05) is 29.8 Å². The van der Waals surface area contributed by atoms with E-state index in [2.05, 4.69) is 16.1 Å². The van der Waals surface area contributed by atoms with E-state index in [9.17, 15) is 13.2 Å². The van der Waals surface area contributed by atoms with Crippen LogP contribution in [0.1, 0.15) is 49.4 Å². The lowest BCUT2D eigenvalue weighted by Gasteiger charge is -2.15. The van der Waals surface area contributed by atoms with Gasteiger partial charge in [0, 0.05) is 12.1 Å². The Hall–Kier alpha value is -2.64. The molecule has 0 fully saturated rings. The second kappa shape index (κ2) is 10.4. The summed E-state index contributed by atoms with van der Waals surface area (Å²) in [5, 5.41) is 2.77. The number of sulfonamides is 1. The number of amides is 1. The number of rotatable bonds is 9. The molecule has 1 amide bonds. The lowest BCUT2D eigenvalue weighted by atomic mass is 9.97. The van der Waals surface area contributed by atoms with Gasteiger partial charge in [-0.3, -0.25) is 4.79 Å². The normalized spacial score (nSPS) is 14.1. The molecule has 0 saturated carbocycles. The van der Waals surface area contributed by atoms with Crippen molar-refractivity contribution in [3.8, 4) is 5.75 Å². The Morgan fingerprint density at radius 3 is 2.60 bits per heavy atom. The number of carbonyl (C=O) groups excluding carboxylic acids is 1. The van der Waals surface area contributed by atoms with E-state index in [1.54, 1.807) is 30.3 Å². The molecule has 1 aliphatic carbocycles. The number of allylic oxidation sites excluding steroid dienone is 1. The maximum absolute atomic E-state index is 12.8. The minimum atomic E-state index is -3.70. The number of anilines is 1. The van der Waals surface area contributed by atoms with Crippen molar-refractivity contribution in [1.82, 2.24) is 4.72 Å². The molecule has 0 atom stereocenters. The minimum absolute atomic E-state index is 0.0898. The van der Waals surface area contributed by atoms with Crippen LogP contribution >= 0.6 is 0 Å². The van der Waals surface area contributed by atoms with Crippen LogP contribution < -0.4 is 14.8 Å². The first-order valence-electron chi connectivity index (χ1n) is 10.3. The predicted octanol–water partition coefficient (Wildman–Crippen LogP) is 4.51. The lowest BCUT2D eigenvalue weighted by molar-refractivity contribution is 0.102. The third-order valence-corrected chi connectivity index (χ3v) is 6.43. The fourth-order valence-electron chi connectivity index (χ4n) is 3.40. The molecule has 160 valence electrons. The van der Waals surface area contributed by atoms with Crippen molar-refractivity contribution < 1.29 is 17.9 Å². The van der Waals surface area contributed by atoms with Crippen molar-refractivity contribution in [1.29, 1.82) is 0 Å². The van der Waals surface area contributed by atoms with Crippen LogP contribution in [0.5, 0.6) is 5.75 Å². The number of hydrogen-bond acceptors (Lipinski definition) is 4. The second-order valence-electron chi connectivity index (χ2n) is 7.17. The fourth-order valence-corrected chi connectivity index (χ4v) is 4.46. The van der Waals surface area contributed by atoms with Crippen LogP contribution in [0, 0.1) is 0 Å². The van der Waals surface area contributed by atoms with Gasteiger partial charge < -0.3 is 10.1 Å². The molecule has 0 heterocycles. The summed E-state index contributed by atoms with van der Waals surface area (Å²) in [4.78, 5) is 12.6. The smallest absolute Gasteiger partial charge is 0.255 e. The highest BCUT2D eigenvalue weighted by atomic mass is 32.2. The van der Waals surface area contributed by atoms with Crippen molar-refractivity contribution in [3.05, 3.63) is 65.7 Å². The van der Waals surface area contributed by atoms with Gasteiger partial charge in [-0.25, -0.2) is 13.1 Å². The van der Waals surface area contributed by atoms with Crippen LogP contribution in [0.3, 0.4) is 0 Å². The maximum atomic E-state index is 12.8. The van der Waals surface area contributed by atoms with E-state index in [1.165, 1.54) is 30.5 Å². The molecule has 0 unspecified atom stereocenters. The quantitative estimate of drug-likeness (QED) is 0.576. The average molecular weight is 429 g/mol. The van der Waals surface area contributed by atoms with E-state index in [0.29, 0.717) is 36.6 Å². The van der Waals surface area contributed by atoms with Gasteiger partial charge in [0.2, 0.25) is 10.0 Å². The summed E-state index contributed by atoms with van der Waals surface area (Å²) in [5.41, 5.74) is 2.11. The molecule has 0 aliphatic heterocycles. The number of ether oxygens (including phenoxy) is 1. The van der Waals surface area contributed by atoms with Crippen LogP contribution in [-0.2, 0) is 10.0 Å². The van der Waals surface area contributed by atoms with Crippen LogP contribution in [0.15, 0.2) is 65.1 Å². The summed E-state index contributed by atoms with van der Waals surface area (Å²) in [6.07, 6.45) is 7.42. The summed E-state index contributed by atoms with van der Waals surface area (Å²) >= 11 is 0. The highest BCUT2D eigenvalue weighted by molar-refractivity contribution is 7.89. The third-order valence-electron chi connectivity index (χ3n) is 4.97. The van der Waals surface area contributed by atoms with E-state index in [0.717, 1.165) is 12.8 Å². The summed E-state index contributed by atoms with van der Waals surface area (Å²) in [6, 6.07) is 13.2. The Labute approximate surface area is 178 Å². The molecule has 6 nitrogen and oxygen atoms in total. The van der Waals surface area contributed by atoms with Crippen LogP contribution in [0.4, 0.5) is 5.69 Å². The van der Waals surface area contributed by atoms with Crippen LogP contribution in [0.2, 0.25) is 0 Å². The Kier molecular flexibility index (Phi) is 7.65. The summed E-state index contributed by atoms with van der Waals surface area (Å²) < 4.78 is 33.8. The number of benzene rings is 2. The molecule has 0 radical (unpaired) electrons. The number of hydrogen-bond donors (Lipinski definition) is 2. The Morgan fingerprint density at radius 2 is 1.90 bits per heavy atom. The molecule has 2 aromatic carbocycles. The highest BCUT2D eigenvalue weighted by Gasteiger charge is 2.18. The van der Waals surface area contributed by atoms with Gasteiger partial charge in [0.05, 0.1) is 17.2 Å². The van der Waals surface area contributed by atoms with Gasteiger partial charge in [0.15, 0.2) is 0 Å². The van der Waals surface area contributed by atoms with E-state index in [-0.39, 0.29) is 10.8 Å². The van der Waals surface area contributed by atoms with Gasteiger partial charge in [0.25, 0.3) is 5.91 Å². The number of carbonyl (C=O) groups is 1. The van der Waals surface area contributed by atoms with Gasteiger partial charge in [0.1, 0.15) is 5.75 Å². The molecule has 0 bridgehead atoms. The van der Waals surface area contributed by atoms with Gasteiger partial charge >= 0.3 is 0 Å². The van der Waals surface area contributed by atoms with Gasteiger partial charge in [-0.2, -0.15) is 0 Å². The largest absolute Gasteiger partial charge is 0.492 e. The number of nitrogens with one attached hydrogen (secondary N) is 2. The summed E-state index contributed by atoms with van der Waals surface area (Å²) in [7, 11) is -3.70. The molecule has 30 heavy (non-hydrogen) atoms. The molecule has 2 N–H and O–H groups in total.